The van der Waals surface area contributed by atoms with Crippen LogP contribution in [0.5, 0.6) is 0 Å². The Morgan fingerprint density at radius 2 is 2.10 bits per heavy atom. The monoisotopic (exact) mass is 440 g/mol. The van der Waals surface area contributed by atoms with Crippen molar-refractivity contribution < 1.29 is 9.59 Å². The molecular weight excluding hydrogens is 416 g/mol. The van der Waals surface area contributed by atoms with Crippen molar-refractivity contribution in [2.75, 3.05) is 5.32 Å². The number of carbonyl (C=O) groups excluding carboxylic acids is 2. The number of thioether (sulfide) groups is 1. The highest BCUT2D eigenvalue weighted by Gasteiger charge is 2.27. The quantitative estimate of drug-likeness (QED) is 0.561. The largest absolute Gasteiger partial charge is 0.365 e. The van der Waals surface area contributed by atoms with E-state index < -0.39 is 11.2 Å². The van der Waals surface area contributed by atoms with Gasteiger partial charge in [-0.15, -0.1) is 11.3 Å². The van der Waals surface area contributed by atoms with Crippen LogP contribution in [-0.4, -0.2) is 26.6 Å². The van der Waals surface area contributed by atoms with Crippen LogP contribution in [-0.2, 0) is 17.6 Å². The van der Waals surface area contributed by atoms with Gasteiger partial charge in [-0.25, -0.2) is 4.98 Å². The van der Waals surface area contributed by atoms with E-state index >= 15 is 0 Å². The Labute approximate surface area is 183 Å². The minimum Gasteiger partial charge on any atom is -0.365 e. The van der Waals surface area contributed by atoms with Crippen molar-refractivity contribution in [3.8, 4) is 5.69 Å². The van der Waals surface area contributed by atoms with E-state index in [9.17, 15) is 9.59 Å². The van der Waals surface area contributed by atoms with Crippen LogP contribution in [0.3, 0.4) is 0 Å². The lowest BCUT2D eigenvalue weighted by molar-refractivity contribution is -0.115. The Morgan fingerprint density at radius 3 is 2.87 bits per heavy atom. The highest BCUT2D eigenvalue weighted by atomic mass is 32.2. The van der Waals surface area contributed by atoms with Gasteiger partial charge >= 0.3 is 0 Å². The average Bonchev–Trinajstić information content (AvgIpc) is 3.39. The summed E-state index contributed by atoms with van der Waals surface area (Å²) in [7, 11) is 0. The molecule has 2 amide bonds. The average molecular weight is 441 g/mol. The number of aromatic nitrogens is 2. The van der Waals surface area contributed by atoms with E-state index in [2.05, 4.69) is 30.2 Å². The summed E-state index contributed by atoms with van der Waals surface area (Å²) in [4.78, 5) is 30.5. The smallest absolute Gasteiger partial charge is 0.251 e. The van der Waals surface area contributed by atoms with Crippen LogP contribution in [0.25, 0.3) is 5.69 Å². The number of hydrogen-bond donors (Lipinski definition) is 2. The highest BCUT2D eigenvalue weighted by molar-refractivity contribution is 8.00. The minimum atomic E-state index is -0.476. The van der Waals surface area contributed by atoms with Gasteiger partial charge in [0.1, 0.15) is 5.00 Å². The maximum absolute atomic E-state index is 12.9. The maximum atomic E-state index is 12.9. The molecule has 0 unspecified atom stereocenters. The highest BCUT2D eigenvalue weighted by Crippen LogP contribution is 2.39. The van der Waals surface area contributed by atoms with Gasteiger partial charge in [0.05, 0.1) is 16.5 Å². The van der Waals surface area contributed by atoms with Crippen LogP contribution < -0.4 is 11.1 Å². The molecule has 30 heavy (non-hydrogen) atoms. The molecule has 0 saturated carbocycles. The summed E-state index contributed by atoms with van der Waals surface area (Å²) in [5, 5.41) is 3.86. The fourth-order valence-electron chi connectivity index (χ4n) is 3.74. The molecule has 1 aliphatic rings. The topological polar surface area (TPSA) is 90.0 Å². The lowest BCUT2D eigenvalue weighted by Gasteiger charge is -2.15. The molecule has 0 bridgehead atoms. The van der Waals surface area contributed by atoms with Crippen molar-refractivity contribution in [3.05, 3.63) is 57.7 Å². The third-order valence-corrected chi connectivity index (χ3v) is 7.79. The Balaban J connectivity index is 1.53. The van der Waals surface area contributed by atoms with E-state index in [1.54, 1.807) is 6.20 Å². The molecule has 8 heteroatoms. The van der Waals surface area contributed by atoms with Gasteiger partial charge in [0.25, 0.3) is 5.91 Å². The van der Waals surface area contributed by atoms with Crippen LogP contribution in [0.4, 0.5) is 5.00 Å². The number of benzene rings is 1. The second kappa shape index (κ2) is 8.28. The lowest BCUT2D eigenvalue weighted by Crippen LogP contribution is -2.24. The molecule has 3 N–H and O–H groups in total. The molecule has 0 radical (unpaired) electrons. The third kappa shape index (κ3) is 3.77. The zero-order chi connectivity index (χ0) is 21.4. The van der Waals surface area contributed by atoms with Gasteiger partial charge in [0, 0.05) is 17.3 Å². The molecule has 1 aliphatic carbocycles. The standard InChI is InChI=1S/C22H24N4O2S2/c1-12-6-4-8-16(13(12)2)26-11-10-24-22(26)29-14(3)20(28)25-21-18(19(23)27)15-7-5-9-17(15)30-21/h4,6,8,10-11,14H,5,7,9H2,1-3H3,(H2,23,27)(H,25,28)/t14-/m1/s1. The first kappa shape index (κ1) is 20.7. The molecule has 0 saturated heterocycles. The van der Waals surface area contributed by atoms with Crippen LogP contribution in [0.1, 0.15) is 45.3 Å². The number of nitrogens with one attached hydrogen (secondary N) is 1. The molecular formula is C22H24N4O2S2. The van der Waals surface area contributed by atoms with Crippen molar-refractivity contribution in [3.63, 3.8) is 0 Å². The van der Waals surface area contributed by atoms with Crippen molar-refractivity contribution in [2.24, 2.45) is 5.73 Å². The summed E-state index contributed by atoms with van der Waals surface area (Å²) in [6.45, 7) is 6.00. The maximum Gasteiger partial charge on any atom is 0.251 e. The fraction of sp³-hybridized carbons (Fsp3) is 0.318. The number of anilines is 1. The van der Waals surface area contributed by atoms with Gasteiger partial charge in [-0.05, 0) is 62.8 Å². The number of amides is 2. The number of aryl methyl sites for hydroxylation is 2. The molecule has 3 aromatic rings. The molecule has 2 aromatic heterocycles. The minimum absolute atomic E-state index is 0.169. The molecule has 2 heterocycles. The van der Waals surface area contributed by atoms with E-state index in [-0.39, 0.29) is 5.91 Å². The second-order valence-corrected chi connectivity index (χ2v) is 9.89. The van der Waals surface area contributed by atoms with E-state index in [1.165, 1.54) is 34.2 Å². The first-order valence-corrected chi connectivity index (χ1v) is 11.6. The zero-order valence-corrected chi connectivity index (χ0v) is 18.8. The number of imidazole rings is 1. The van der Waals surface area contributed by atoms with Gasteiger partial charge in [-0.3, -0.25) is 14.2 Å². The fourth-order valence-corrected chi connectivity index (χ4v) is 5.91. The van der Waals surface area contributed by atoms with Crippen molar-refractivity contribution >= 4 is 39.9 Å². The summed E-state index contributed by atoms with van der Waals surface area (Å²) >= 11 is 2.86. The van der Waals surface area contributed by atoms with Crippen molar-refractivity contribution in [2.45, 2.75) is 50.4 Å². The molecule has 4 rings (SSSR count). The summed E-state index contributed by atoms with van der Waals surface area (Å²) in [6.07, 6.45) is 6.46. The molecule has 6 nitrogen and oxygen atoms in total. The van der Waals surface area contributed by atoms with E-state index in [0.29, 0.717) is 10.6 Å². The van der Waals surface area contributed by atoms with Gasteiger partial charge in [0.15, 0.2) is 5.16 Å². The molecule has 1 atom stereocenters. The Hall–Kier alpha value is -2.58. The number of carbonyl (C=O) groups is 2. The SMILES string of the molecule is Cc1cccc(-n2ccnc2S[C@H](C)C(=O)Nc2sc3c(c2C(N)=O)CCC3)c1C. The van der Waals surface area contributed by atoms with Crippen molar-refractivity contribution in [1.29, 1.82) is 0 Å². The lowest BCUT2D eigenvalue weighted by atomic mass is 10.1. The van der Waals surface area contributed by atoms with Crippen LogP contribution in [0.15, 0.2) is 35.7 Å². The second-order valence-electron chi connectivity index (χ2n) is 7.47. The van der Waals surface area contributed by atoms with Gasteiger partial charge < -0.3 is 11.1 Å². The number of nitrogens with zero attached hydrogens (tertiary/aromatic N) is 2. The number of nitrogens with two attached hydrogens (primary N) is 1. The predicted molar refractivity (Wildman–Crippen MR) is 122 cm³/mol. The van der Waals surface area contributed by atoms with E-state index in [1.807, 2.05) is 29.8 Å². The first-order chi connectivity index (χ1) is 14.4. The summed E-state index contributed by atoms with van der Waals surface area (Å²) in [5.74, 6) is -0.645. The number of fused-ring (bicyclic) bond motifs is 1. The van der Waals surface area contributed by atoms with Crippen LogP contribution >= 0.6 is 23.1 Å². The Morgan fingerprint density at radius 1 is 1.30 bits per heavy atom. The van der Waals surface area contributed by atoms with Gasteiger partial charge in [-0.1, -0.05) is 23.9 Å². The predicted octanol–water partition coefficient (Wildman–Crippen LogP) is 4.26. The zero-order valence-electron chi connectivity index (χ0n) is 17.2. The van der Waals surface area contributed by atoms with Gasteiger partial charge in [-0.2, -0.15) is 0 Å². The number of rotatable bonds is 6. The normalized spacial score (nSPS) is 13.8. The molecule has 0 spiro atoms. The Bertz CT molecular complexity index is 1130. The molecule has 0 aliphatic heterocycles. The Kier molecular flexibility index (Phi) is 5.71. The van der Waals surface area contributed by atoms with Crippen molar-refractivity contribution in [1.82, 2.24) is 9.55 Å². The van der Waals surface area contributed by atoms with Crippen LogP contribution in [0, 0.1) is 13.8 Å². The van der Waals surface area contributed by atoms with Crippen LogP contribution in [0.2, 0.25) is 0 Å². The summed E-state index contributed by atoms with van der Waals surface area (Å²) in [5.41, 5.74) is 10.5. The van der Waals surface area contributed by atoms with Gasteiger partial charge in [0.2, 0.25) is 5.91 Å². The van der Waals surface area contributed by atoms with E-state index in [0.717, 1.165) is 40.5 Å². The number of thiophene rings is 1. The summed E-state index contributed by atoms with van der Waals surface area (Å²) < 4.78 is 2.01. The first-order valence-electron chi connectivity index (χ1n) is 9.88. The number of hydrogen-bond acceptors (Lipinski definition) is 5. The third-order valence-electron chi connectivity index (χ3n) is 5.50. The van der Waals surface area contributed by atoms with E-state index in [4.69, 9.17) is 5.73 Å². The molecule has 0 fully saturated rings. The molecule has 1 aromatic carbocycles. The summed E-state index contributed by atoms with van der Waals surface area (Å²) in [6, 6.07) is 6.14. The molecule has 156 valence electrons. The number of primary amides is 1.